The van der Waals surface area contributed by atoms with E-state index in [4.69, 9.17) is 0 Å². The zero-order chi connectivity index (χ0) is 10.7. The summed E-state index contributed by atoms with van der Waals surface area (Å²) in [6, 6.07) is 2.40. The molecule has 0 amide bonds. The maximum atomic E-state index is 3.97. The van der Waals surface area contributed by atoms with Crippen molar-refractivity contribution < 1.29 is 0 Å². The topological polar surface area (TPSA) is 40.7 Å². The quantitative estimate of drug-likeness (QED) is 0.826. The zero-order valence-electron chi connectivity index (χ0n) is 9.42. The van der Waals surface area contributed by atoms with Crippen molar-refractivity contribution in [3.8, 4) is 0 Å². The van der Waals surface area contributed by atoms with E-state index in [1.165, 1.54) is 24.3 Å². The minimum atomic E-state index is 0.366. The Labute approximate surface area is 95.4 Å². The number of hydrogen-bond donors (Lipinski definition) is 2. The zero-order valence-corrected chi connectivity index (χ0v) is 10.2. The molecule has 2 heterocycles. The third-order valence-corrected chi connectivity index (χ3v) is 4.61. The lowest BCUT2D eigenvalue weighted by Gasteiger charge is -2.25. The van der Waals surface area contributed by atoms with Gasteiger partial charge in [0.15, 0.2) is 0 Å². The van der Waals surface area contributed by atoms with Crippen LogP contribution in [-0.4, -0.2) is 27.2 Å². The maximum absolute atomic E-state index is 3.97. The lowest BCUT2D eigenvalue weighted by Crippen LogP contribution is -2.34. The molecular weight excluding hydrogens is 206 g/mol. The fourth-order valence-electron chi connectivity index (χ4n) is 1.96. The molecule has 2 N–H and O–H groups in total. The van der Waals surface area contributed by atoms with Crippen molar-refractivity contribution in [3.63, 3.8) is 0 Å². The van der Waals surface area contributed by atoms with E-state index in [2.05, 4.69) is 41.1 Å². The smallest absolute Gasteiger partial charge is 0.0518 e. The SMILES string of the molecule is CC(NCC1(C)CCCS1)c1ccn[nH]1. The molecule has 2 unspecified atom stereocenters. The molecule has 1 saturated heterocycles. The predicted octanol–water partition coefficient (Wildman–Crippen LogP) is 2.35. The van der Waals surface area contributed by atoms with E-state index in [1.807, 2.05) is 6.07 Å². The highest BCUT2D eigenvalue weighted by molar-refractivity contribution is 8.00. The van der Waals surface area contributed by atoms with E-state index < -0.39 is 0 Å². The highest BCUT2D eigenvalue weighted by Crippen LogP contribution is 2.37. The standard InChI is InChI=1S/C11H19N3S/c1-9(10-4-6-13-14-10)12-8-11(2)5-3-7-15-11/h4,6,9,12H,3,5,7-8H2,1-2H3,(H,13,14). The van der Waals surface area contributed by atoms with Crippen LogP contribution in [-0.2, 0) is 0 Å². The molecule has 2 atom stereocenters. The van der Waals surface area contributed by atoms with Gasteiger partial charge in [0.1, 0.15) is 0 Å². The first-order valence-corrected chi connectivity index (χ1v) is 6.55. The Hall–Kier alpha value is -0.480. The molecule has 0 aliphatic carbocycles. The van der Waals surface area contributed by atoms with Gasteiger partial charge in [0, 0.05) is 23.5 Å². The summed E-state index contributed by atoms with van der Waals surface area (Å²) in [7, 11) is 0. The molecule has 0 spiro atoms. The molecule has 1 aliphatic rings. The number of nitrogens with zero attached hydrogens (tertiary/aromatic N) is 1. The van der Waals surface area contributed by atoms with Gasteiger partial charge in [-0.25, -0.2) is 0 Å². The molecule has 0 radical (unpaired) electrons. The molecule has 0 saturated carbocycles. The summed E-state index contributed by atoms with van der Waals surface area (Å²) >= 11 is 2.10. The Bertz CT molecular complexity index is 291. The first-order chi connectivity index (χ1) is 7.20. The van der Waals surface area contributed by atoms with Gasteiger partial charge in [-0.05, 0) is 38.5 Å². The van der Waals surface area contributed by atoms with Gasteiger partial charge >= 0.3 is 0 Å². The van der Waals surface area contributed by atoms with Gasteiger partial charge in [0.25, 0.3) is 0 Å². The largest absolute Gasteiger partial charge is 0.307 e. The van der Waals surface area contributed by atoms with Gasteiger partial charge < -0.3 is 5.32 Å². The van der Waals surface area contributed by atoms with Crippen LogP contribution in [0.1, 0.15) is 38.4 Å². The summed E-state index contributed by atoms with van der Waals surface area (Å²) in [6.45, 7) is 5.62. The molecule has 4 heteroatoms. The van der Waals surface area contributed by atoms with Crippen molar-refractivity contribution in [2.45, 2.75) is 37.5 Å². The van der Waals surface area contributed by atoms with Crippen molar-refractivity contribution >= 4 is 11.8 Å². The fourth-order valence-corrected chi connectivity index (χ4v) is 3.22. The van der Waals surface area contributed by atoms with Crippen LogP contribution in [0.4, 0.5) is 0 Å². The third kappa shape index (κ3) is 2.75. The Kier molecular flexibility index (Phi) is 3.36. The second-order valence-corrected chi connectivity index (χ2v) is 6.20. The van der Waals surface area contributed by atoms with E-state index in [9.17, 15) is 0 Å². The summed E-state index contributed by atoms with van der Waals surface area (Å²) in [5.41, 5.74) is 1.17. The van der Waals surface area contributed by atoms with Crippen molar-refractivity contribution in [3.05, 3.63) is 18.0 Å². The van der Waals surface area contributed by atoms with Gasteiger partial charge in [0.05, 0.1) is 5.69 Å². The van der Waals surface area contributed by atoms with Gasteiger partial charge in [-0.3, -0.25) is 5.10 Å². The summed E-state index contributed by atoms with van der Waals surface area (Å²) < 4.78 is 0.439. The van der Waals surface area contributed by atoms with Crippen LogP contribution in [0.2, 0.25) is 0 Å². The van der Waals surface area contributed by atoms with Crippen LogP contribution < -0.4 is 5.32 Å². The van der Waals surface area contributed by atoms with Gasteiger partial charge in [0.2, 0.25) is 0 Å². The second kappa shape index (κ2) is 4.58. The van der Waals surface area contributed by atoms with E-state index in [1.54, 1.807) is 6.20 Å². The lowest BCUT2D eigenvalue weighted by molar-refractivity contribution is 0.484. The summed E-state index contributed by atoms with van der Waals surface area (Å²) in [5.74, 6) is 1.32. The van der Waals surface area contributed by atoms with E-state index in [-0.39, 0.29) is 0 Å². The summed E-state index contributed by atoms with van der Waals surface area (Å²) in [4.78, 5) is 0. The van der Waals surface area contributed by atoms with Crippen LogP contribution in [0, 0.1) is 0 Å². The van der Waals surface area contributed by atoms with Crippen LogP contribution in [0.5, 0.6) is 0 Å². The summed E-state index contributed by atoms with van der Waals surface area (Å²) in [5, 5.41) is 10.6. The molecule has 0 aromatic carbocycles. The van der Waals surface area contributed by atoms with Crippen LogP contribution >= 0.6 is 11.8 Å². The van der Waals surface area contributed by atoms with Gasteiger partial charge in [-0.15, -0.1) is 0 Å². The number of aromatic amines is 1. The number of rotatable bonds is 4. The van der Waals surface area contributed by atoms with E-state index >= 15 is 0 Å². The van der Waals surface area contributed by atoms with E-state index in [0.717, 1.165) is 6.54 Å². The Morgan fingerprint density at radius 3 is 3.20 bits per heavy atom. The minimum Gasteiger partial charge on any atom is -0.307 e. The molecule has 1 fully saturated rings. The number of H-pyrrole nitrogens is 1. The Morgan fingerprint density at radius 2 is 2.60 bits per heavy atom. The highest BCUT2D eigenvalue weighted by Gasteiger charge is 2.29. The normalized spacial score (nSPS) is 28.1. The molecule has 1 aromatic heterocycles. The first-order valence-electron chi connectivity index (χ1n) is 5.56. The van der Waals surface area contributed by atoms with Crippen LogP contribution in [0.3, 0.4) is 0 Å². The van der Waals surface area contributed by atoms with Crippen molar-refractivity contribution in [1.82, 2.24) is 15.5 Å². The molecular formula is C11H19N3S. The summed E-state index contributed by atoms with van der Waals surface area (Å²) in [6.07, 6.45) is 4.50. The lowest BCUT2D eigenvalue weighted by atomic mass is 10.1. The average molecular weight is 225 g/mol. The van der Waals surface area contributed by atoms with Crippen molar-refractivity contribution in [1.29, 1.82) is 0 Å². The van der Waals surface area contributed by atoms with Gasteiger partial charge in [-0.1, -0.05) is 0 Å². The molecule has 3 nitrogen and oxygen atoms in total. The Balaban J connectivity index is 1.83. The molecule has 1 aromatic rings. The Morgan fingerprint density at radius 1 is 1.73 bits per heavy atom. The molecule has 15 heavy (non-hydrogen) atoms. The number of hydrogen-bond acceptors (Lipinski definition) is 3. The third-order valence-electron chi connectivity index (χ3n) is 3.07. The molecule has 1 aliphatic heterocycles. The first kappa shape index (κ1) is 11.0. The highest BCUT2D eigenvalue weighted by atomic mass is 32.2. The number of thioether (sulfide) groups is 1. The fraction of sp³-hybridized carbons (Fsp3) is 0.727. The maximum Gasteiger partial charge on any atom is 0.0518 e. The van der Waals surface area contributed by atoms with Crippen molar-refractivity contribution in [2.75, 3.05) is 12.3 Å². The van der Waals surface area contributed by atoms with Crippen molar-refractivity contribution in [2.24, 2.45) is 0 Å². The van der Waals surface area contributed by atoms with E-state index in [0.29, 0.717) is 10.8 Å². The second-order valence-electron chi connectivity index (χ2n) is 4.52. The average Bonchev–Trinajstić information content (AvgIpc) is 2.85. The predicted molar refractivity (Wildman–Crippen MR) is 65.1 cm³/mol. The minimum absolute atomic E-state index is 0.366. The van der Waals surface area contributed by atoms with Crippen LogP contribution in [0.25, 0.3) is 0 Å². The monoisotopic (exact) mass is 225 g/mol. The number of aromatic nitrogens is 2. The molecule has 84 valence electrons. The molecule has 2 rings (SSSR count). The molecule has 0 bridgehead atoms. The van der Waals surface area contributed by atoms with Crippen LogP contribution in [0.15, 0.2) is 12.3 Å². The number of nitrogens with one attached hydrogen (secondary N) is 2. The van der Waals surface area contributed by atoms with Gasteiger partial charge in [-0.2, -0.15) is 16.9 Å².